The van der Waals surface area contributed by atoms with Gasteiger partial charge in [0, 0.05) is 25.8 Å². The fourth-order valence-corrected chi connectivity index (χ4v) is 2.42. The number of hydrogen-bond acceptors (Lipinski definition) is 2. The summed E-state index contributed by atoms with van der Waals surface area (Å²) in [7, 11) is 1.72. The molecule has 0 heterocycles. The molecule has 0 saturated heterocycles. The fourth-order valence-electron chi connectivity index (χ4n) is 2.42. The van der Waals surface area contributed by atoms with Gasteiger partial charge in [0.25, 0.3) is 0 Å². The van der Waals surface area contributed by atoms with Crippen LogP contribution in [-0.4, -0.2) is 30.3 Å². The van der Waals surface area contributed by atoms with Crippen molar-refractivity contribution < 1.29 is 9.59 Å². The van der Waals surface area contributed by atoms with Gasteiger partial charge in [-0.15, -0.1) is 0 Å². The lowest BCUT2D eigenvalue weighted by Crippen LogP contribution is -2.36. The van der Waals surface area contributed by atoms with Gasteiger partial charge in [0.05, 0.1) is 0 Å². The Labute approximate surface area is 137 Å². The van der Waals surface area contributed by atoms with E-state index in [4.69, 9.17) is 0 Å². The van der Waals surface area contributed by atoms with Crippen molar-refractivity contribution >= 4 is 17.5 Å². The maximum absolute atomic E-state index is 12.4. The topological polar surface area (TPSA) is 40.6 Å². The first-order valence-electron chi connectivity index (χ1n) is 7.75. The molecule has 2 amide bonds. The minimum atomic E-state index is -0.177. The lowest BCUT2D eigenvalue weighted by atomic mass is 10.2. The third-order valence-corrected chi connectivity index (χ3v) is 3.68. The van der Waals surface area contributed by atoms with Gasteiger partial charge >= 0.3 is 0 Å². The largest absolute Gasteiger partial charge is 0.341 e. The van der Waals surface area contributed by atoms with Crippen LogP contribution in [0.5, 0.6) is 0 Å². The van der Waals surface area contributed by atoms with Crippen molar-refractivity contribution in [2.45, 2.75) is 19.9 Å². The summed E-state index contributed by atoms with van der Waals surface area (Å²) in [5.74, 6) is -0.350. The Balaban J connectivity index is 1.97. The number of benzene rings is 2. The summed E-state index contributed by atoms with van der Waals surface area (Å²) in [4.78, 5) is 27.9. The van der Waals surface area contributed by atoms with Crippen molar-refractivity contribution in [3.8, 4) is 0 Å². The van der Waals surface area contributed by atoms with Crippen molar-refractivity contribution in [3.05, 3.63) is 66.2 Å². The molecule has 0 aliphatic rings. The molecule has 2 rings (SSSR count). The number of nitrogens with zero attached hydrogens (tertiary/aromatic N) is 2. The second kappa shape index (κ2) is 8.13. The van der Waals surface area contributed by atoms with E-state index in [0.29, 0.717) is 13.1 Å². The van der Waals surface area contributed by atoms with Crippen molar-refractivity contribution in [3.63, 3.8) is 0 Å². The molecule has 23 heavy (non-hydrogen) atoms. The van der Waals surface area contributed by atoms with Gasteiger partial charge in [-0.2, -0.15) is 0 Å². The van der Waals surface area contributed by atoms with E-state index >= 15 is 0 Å². The van der Waals surface area contributed by atoms with Crippen LogP contribution in [0.1, 0.15) is 18.9 Å². The monoisotopic (exact) mass is 310 g/mol. The van der Waals surface area contributed by atoms with Gasteiger partial charge in [-0.3, -0.25) is 9.59 Å². The normalized spacial score (nSPS) is 10.2. The van der Waals surface area contributed by atoms with Gasteiger partial charge in [-0.1, -0.05) is 48.5 Å². The van der Waals surface area contributed by atoms with Gasteiger partial charge in [0.15, 0.2) is 0 Å². The Morgan fingerprint density at radius 3 is 2.00 bits per heavy atom. The number of carbonyl (C=O) groups excluding carboxylic acids is 2. The zero-order chi connectivity index (χ0) is 16.7. The molecule has 0 unspecified atom stereocenters. The standard InChI is InChI=1S/C19H22N2O2/c1-3-21(17-12-8-5-9-13-17)19(23)14-18(22)20(2)15-16-10-6-4-7-11-16/h4-13H,3,14-15H2,1-2H3. The summed E-state index contributed by atoms with van der Waals surface area (Å²) < 4.78 is 0. The van der Waals surface area contributed by atoms with E-state index in [2.05, 4.69) is 0 Å². The van der Waals surface area contributed by atoms with Crippen LogP contribution in [0.25, 0.3) is 0 Å². The van der Waals surface area contributed by atoms with Gasteiger partial charge in [-0.25, -0.2) is 0 Å². The smallest absolute Gasteiger partial charge is 0.236 e. The molecular formula is C19H22N2O2. The number of rotatable bonds is 6. The van der Waals surface area contributed by atoms with Crippen LogP contribution in [-0.2, 0) is 16.1 Å². The maximum atomic E-state index is 12.4. The minimum Gasteiger partial charge on any atom is -0.341 e. The van der Waals surface area contributed by atoms with Crippen LogP contribution in [0.4, 0.5) is 5.69 Å². The van der Waals surface area contributed by atoms with E-state index in [-0.39, 0.29) is 18.2 Å². The molecule has 0 spiro atoms. The first-order valence-corrected chi connectivity index (χ1v) is 7.75. The van der Waals surface area contributed by atoms with Crippen LogP contribution in [0.15, 0.2) is 60.7 Å². The van der Waals surface area contributed by atoms with Crippen molar-refractivity contribution in [2.75, 3.05) is 18.5 Å². The molecule has 4 nitrogen and oxygen atoms in total. The highest BCUT2D eigenvalue weighted by Gasteiger charge is 2.19. The van der Waals surface area contributed by atoms with E-state index in [0.717, 1.165) is 11.3 Å². The summed E-state index contributed by atoms with van der Waals surface area (Å²) in [5.41, 5.74) is 1.87. The highest BCUT2D eigenvalue weighted by Crippen LogP contribution is 2.14. The Hall–Kier alpha value is -2.62. The third kappa shape index (κ3) is 4.68. The molecule has 0 fully saturated rings. The van der Waals surface area contributed by atoms with Gasteiger partial charge < -0.3 is 9.80 Å². The van der Waals surface area contributed by atoms with E-state index in [1.54, 1.807) is 16.8 Å². The lowest BCUT2D eigenvalue weighted by Gasteiger charge is -2.23. The summed E-state index contributed by atoms with van der Waals surface area (Å²) in [5, 5.41) is 0. The summed E-state index contributed by atoms with van der Waals surface area (Å²) in [6.45, 7) is 2.95. The molecule has 4 heteroatoms. The lowest BCUT2D eigenvalue weighted by molar-refractivity contribution is -0.134. The molecule has 2 aromatic rings. The average molecular weight is 310 g/mol. The van der Waals surface area contributed by atoms with E-state index in [1.807, 2.05) is 67.6 Å². The highest BCUT2D eigenvalue weighted by molar-refractivity contribution is 6.04. The van der Waals surface area contributed by atoms with Crippen LogP contribution in [0.2, 0.25) is 0 Å². The second-order valence-electron chi connectivity index (χ2n) is 5.39. The molecule has 0 aliphatic carbocycles. The average Bonchev–Trinajstić information content (AvgIpc) is 2.57. The van der Waals surface area contributed by atoms with E-state index < -0.39 is 0 Å². The molecule has 0 aliphatic heterocycles. The zero-order valence-corrected chi connectivity index (χ0v) is 13.6. The second-order valence-corrected chi connectivity index (χ2v) is 5.39. The third-order valence-electron chi connectivity index (χ3n) is 3.68. The molecular weight excluding hydrogens is 288 g/mol. The molecule has 0 N–H and O–H groups in total. The zero-order valence-electron chi connectivity index (χ0n) is 13.6. The highest BCUT2D eigenvalue weighted by atomic mass is 16.2. The summed E-state index contributed by atoms with van der Waals surface area (Å²) in [6, 6.07) is 19.2. The predicted octanol–water partition coefficient (Wildman–Crippen LogP) is 3.09. The SMILES string of the molecule is CCN(C(=O)CC(=O)N(C)Cc1ccccc1)c1ccccc1. The van der Waals surface area contributed by atoms with Gasteiger partial charge in [0.1, 0.15) is 6.42 Å². The van der Waals surface area contributed by atoms with Gasteiger partial charge in [0.2, 0.25) is 11.8 Å². The maximum Gasteiger partial charge on any atom is 0.236 e. The van der Waals surface area contributed by atoms with Crippen LogP contribution >= 0.6 is 0 Å². The molecule has 2 aromatic carbocycles. The molecule has 0 saturated carbocycles. The first kappa shape index (κ1) is 16.7. The fraction of sp³-hybridized carbons (Fsp3) is 0.263. The van der Waals surface area contributed by atoms with Crippen LogP contribution in [0, 0.1) is 0 Å². The van der Waals surface area contributed by atoms with Gasteiger partial charge in [-0.05, 0) is 24.6 Å². The summed E-state index contributed by atoms with van der Waals surface area (Å²) >= 11 is 0. The van der Waals surface area contributed by atoms with Crippen molar-refractivity contribution in [1.29, 1.82) is 0 Å². The van der Waals surface area contributed by atoms with Crippen LogP contribution in [0.3, 0.4) is 0 Å². The molecule has 120 valence electrons. The van der Waals surface area contributed by atoms with Crippen LogP contribution < -0.4 is 4.90 Å². The minimum absolute atomic E-state index is 0.119. The first-order chi connectivity index (χ1) is 11.1. The number of para-hydroxylation sites is 1. The van der Waals surface area contributed by atoms with Crippen molar-refractivity contribution in [2.24, 2.45) is 0 Å². The predicted molar refractivity (Wildman–Crippen MR) is 92.0 cm³/mol. The quantitative estimate of drug-likeness (QED) is 0.769. The number of amides is 2. The number of hydrogen-bond donors (Lipinski definition) is 0. The number of anilines is 1. The van der Waals surface area contributed by atoms with Crippen molar-refractivity contribution in [1.82, 2.24) is 4.90 Å². The Morgan fingerprint density at radius 2 is 1.43 bits per heavy atom. The molecule has 0 atom stereocenters. The Morgan fingerprint density at radius 1 is 0.870 bits per heavy atom. The molecule has 0 aromatic heterocycles. The van der Waals surface area contributed by atoms with E-state index in [9.17, 15) is 9.59 Å². The Bertz CT molecular complexity index is 641. The Kier molecular flexibility index (Phi) is 5.92. The number of carbonyl (C=O) groups is 2. The summed E-state index contributed by atoms with van der Waals surface area (Å²) in [6.07, 6.45) is -0.119. The van der Waals surface area contributed by atoms with E-state index in [1.165, 1.54) is 0 Å². The molecule has 0 radical (unpaired) electrons. The molecule has 0 bridgehead atoms.